The molecule has 0 radical (unpaired) electrons. The first-order valence-corrected chi connectivity index (χ1v) is 7.02. The monoisotopic (exact) mass is 258 g/mol. The second-order valence-corrected chi connectivity index (χ2v) is 5.22. The summed E-state index contributed by atoms with van der Waals surface area (Å²) in [6.45, 7) is 13.4. The summed E-state index contributed by atoms with van der Waals surface area (Å²) in [5.74, 6) is 0. The van der Waals surface area contributed by atoms with E-state index < -0.39 is 0 Å². The molecule has 1 N–H and O–H groups in total. The fraction of sp³-hybridized carbons (Fsp3) is 0.444. The quantitative estimate of drug-likeness (QED) is 0.781. The second kappa shape index (κ2) is 6.72. The van der Waals surface area contributed by atoms with Crippen molar-refractivity contribution in [3.63, 3.8) is 0 Å². The molecule has 0 fully saturated rings. The fourth-order valence-electron chi connectivity index (χ4n) is 2.43. The minimum atomic E-state index is 0.319. The third-order valence-electron chi connectivity index (χ3n) is 3.96. The molecule has 0 spiro atoms. The van der Waals surface area contributed by atoms with Crippen molar-refractivity contribution in [2.45, 2.75) is 48.0 Å². The van der Waals surface area contributed by atoms with Crippen LogP contribution in [0.25, 0.3) is 10.8 Å². The minimum absolute atomic E-state index is 0.319. The molecule has 0 atom stereocenters. The summed E-state index contributed by atoms with van der Waals surface area (Å²) in [6, 6.07) is 6.58. The highest BCUT2D eigenvalue weighted by Gasteiger charge is 2.09. The van der Waals surface area contributed by atoms with Gasteiger partial charge in [-0.05, 0) is 79.6 Å². The van der Waals surface area contributed by atoms with Gasteiger partial charge in [-0.1, -0.05) is 25.1 Å². The van der Waals surface area contributed by atoms with E-state index in [0.29, 0.717) is 6.61 Å². The predicted octanol–water partition coefficient (Wildman–Crippen LogP) is 4.77. The van der Waals surface area contributed by atoms with Gasteiger partial charge in [0.2, 0.25) is 0 Å². The van der Waals surface area contributed by atoms with E-state index in [0.717, 1.165) is 6.42 Å². The molecular formula is C18H26O. The summed E-state index contributed by atoms with van der Waals surface area (Å²) >= 11 is 0. The molecule has 2 aromatic carbocycles. The Bertz CT molecular complexity index is 566. The summed E-state index contributed by atoms with van der Waals surface area (Å²) in [5, 5.41) is 10.7. The maximum Gasteiger partial charge on any atom is 0.0428 e. The van der Waals surface area contributed by atoms with E-state index in [2.05, 4.69) is 52.8 Å². The lowest BCUT2D eigenvalue weighted by Gasteiger charge is -2.15. The largest absolute Gasteiger partial charge is 0.396 e. The molecule has 0 aromatic heterocycles. The summed E-state index contributed by atoms with van der Waals surface area (Å²) in [7, 11) is 0. The topological polar surface area (TPSA) is 20.2 Å². The lowest BCUT2D eigenvalue weighted by molar-refractivity contribution is 0.295. The first-order chi connectivity index (χ1) is 8.95. The zero-order valence-electron chi connectivity index (χ0n) is 13.1. The standard InChI is InChI=1S/C15H18.C3H8O/c1-9-7-6-8-14-12(4)10(2)11(3)13(5)15(9)14;1-2-3-4/h6-8H,1-5H3;4H,2-3H2,1H3. The van der Waals surface area contributed by atoms with E-state index in [1.54, 1.807) is 0 Å². The molecule has 1 heteroatoms. The van der Waals surface area contributed by atoms with E-state index in [4.69, 9.17) is 5.11 Å². The summed E-state index contributed by atoms with van der Waals surface area (Å²) < 4.78 is 0. The lowest BCUT2D eigenvalue weighted by atomic mass is 9.90. The molecule has 0 aliphatic rings. The summed E-state index contributed by atoms with van der Waals surface area (Å²) in [4.78, 5) is 0. The maximum absolute atomic E-state index is 7.88. The molecule has 0 saturated heterocycles. The Morgan fingerprint density at radius 3 is 1.89 bits per heavy atom. The fourth-order valence-corrected chi connectivity index (χ4v) is 2.43. The highest BCUT2D eigenvalue weighted by Crippen LogP contribution is 2.30. The minimum Gasteiger partial charge on any atom is -0.396 e. The van der Waals surface area contributed by atoms with Crippen molar-refractivity contribution in [2.75, 3.05) is 6.61 Å². The van der Waals surface area contributed by atoms with Gasteiger partial charge in [-0.3, -0.25) is 0 Å². The van der Waals surface area contributed by atoms with Gasteiger partial charge in [-0.15, -0.1) is 0 Å². The van der Waals surface area contributed by atoms with Crippen molar-refractivity contribution in [1.82, 2.24) is 0 Å². The van der Waals surface area contributed by atoms with Gasteiger partial charge >= 0.3 is 0 Å². The molecule has 19 heavy (non-hydrogen) atoms. The number of benzene rings is 2. The van der Waals surface area contributed by atoms with Gasteiger partial charge in [0.1, 0.15) is 0 Å². The number of aliphatic hydroxyl groups excluding tert-OH is 1. The molecule has 104 valence electrons. The van der Waals surface area contributed by atoms with Gasteiger partial charge in [0.05, 0.1) is 0 Å². The van der Waals surface area contributed by atoms with Crippen LogP contribution in [-0.4, -0.2) is 11.7 Å². The third kappa shape index (κ3) is 3.16. The number of aryl methyl sites for hydroxylation is 3. The van der Waals surface area contributed by atoms with Crippen LogP contribution in [-0.2, 0) is 0 Å². The predicted molar refractivity (Wildman–Crippen MR) is 85.0 cm³/mol. The highest BCUT2D eigenvalue weighted by atomic mass is 16.2. The van der Waals surface area contributed by atoms with Gasteiger partial charge in [-0.2, -0.15) is 0 Å². The molecule has 0 heterocycles. The molecule has 0 unspecified atom stereocenters. The van der Waals surface area contributed by atoms with Crippen LogP contribution in [0.5, 0.6) is 0 Å². The Labute approximate surface area is 117 Å². The van der Waals surface area contributed by atoms with E-state index in [9.17, 15) is 0 Å². The first kappa shape index (κ1) is 15.7. The molecule has 0 aliphatic carbocycles. The van der Waals surface area contributed by atoms with Crippen LogP contribution in [0.3, 0.4) is 0 Å². The number of aliphatic hydroxyl groups is 1. The van der Waals surface area contributed by atoms with E-state index in [1.165, 1.54) is 38.6 Å². The molecular weight excluding hydrogens is 232 g/mol. The lowest BCUT2D eigenvalue weighted by Crippen LogP contribution is -1.95. The average Bonchev–Trinajstić information content (AvgIpc) is 2.42. The van der Waals surface area contributed by atoms with Crippen molar-refractivity contribution in [3.8, 4) is 0 Å². The summed E-state index contributed by atoms with van der Waals surface area (Å²) in [6.07, 6.45) is 0.875. The Balaban J connectivity index is 0.000000399. The zero-order valence-corrected chi connectivity index (χ0v) is 13.1. The molecule has 0 aliphatic heterocycles. The Hall–Kier alpha value is -1.34. The van der Waals surface area contributed by atoms with E-state index >= 15 is 0 Å². The van der Waals surface area contributed by atoms with Crippen LogP contribution >= 0.6 is 0 Å². The smallest absolute Gasteiger partial charge is 0.0428 e. The van der Waals surface area contributed by atoms with Crippen LogP contribution in [0, 0.1) is 34.6 Å². The first-order valence-electron chi connectivity index (χ1n) is 7.02. The second-order valence-electron chi connectivity index (χ2n) is 5.22. The Morgan fingerprint density at radius 1 is 0.842 bits per heavy atom. The normalized spacial score (nSPS) is 10.3. The molecule has 0 amide bonds. The zero-order chi connectivity index (χ0) is 14.6. The van der Waals surface area contributed by atoms with Crippen LogP contribution in [0.4, 0.5) is 0 Å². The maximum atomic E-state index is 7.88. The van der Waals surface area contributed by atoms with E-state index in [-0.39, 0.29) is 0 Å². The van der Waals surface area contributed by atoms with Gasteiger partial charge in [0.25, 0.3) is 0 Å². The molecule has 1 nitrogen and oxygen atoms in total. The molecule has 2 rings (SSSR count). The molecule has 0 bridgehead atoms. The molecule has 2 aromatic rings. The van der Waals surface area contributed by atoms with Crippen molar-refractivity contribution in [3.05, 3.63) is 46.0 Å². The molecule has 0 saturated carbocycles. The van der Waals surface area contributed by atoms with Crippen LogP contribution < -0.4 is 0 Å². The summed E-state index contributed by atoms with van der Waals surface area (Å²) in [5.41, 5.74) is 7.12. The van der Waals surface area contributed by atoms with Gasteiger partial charge in [0, 0.05) is 6.61 Å². The third-order valence-corrected chi connectivity index (χ3v) is 3.96. The van der Waals surface area contributed by atoms with E-state index in [1.807, 2.05) is 6.92 Å². The van der Waals surface area contributed by atoms with Crippen molar-refractivity contribution in [2.24, 2.45) is 0 Å². The van der Waals surface area contributed by atoms with Crippen LogP contribution in [0.1, 0.15) is 41.2 Å². The van der Waals surface area contributed by atoms with Gasteiger partial charge in [0.15, 0.2) is 0 Å². The van der Waals surface area contributed by atoms with Gasteiger partial charge < -0.3 is 5.11 Å². The highest BCUT2D eigenvalue weighted by molar-refractivity contribution is 5.93. The number of rotatable bonds is 1. The van der Waals surface area contributed by atoms with Crippen LogP contribution in [0.15, 0.2) is 18.2 Å². The number of fused-ring (bicyclic) bond motifs is 1. The Kier molecular flexibility index (Phi) is 5.56. The number of hydrogen-bond donors (Lipinski definition) is 1. The van der Waals surface area contributed by atoms with Crippen LogP contribution in [0.2, 0.25) is 0 Å². The SMILES string of the molecule is CCCO.Cc1c(C)c(C)c2c(C)cccc2c1C. The average molecular weight is 258 g/mol. The van der Waals surface area contributed by atoms with Crippen molar-refractivity contribution >= 4 is 10.8 Å². The van der Waals surface area contributed by atoms with Crippen molar-refractivity contribution < 1.29 is 5.11 Å². The van der Waals surface area contributed by atoms with Crippen molar-refractivity contribution in [1.29, 1.82) is 0 Å². The van der Waals surface area contributed by atoms with Gasteiger partial charge in [-0.25, -0.2) is 0 Å². The number of hydrogen-bond acceptors (Lipinski definition) is 1. The Morgan fingerprint density at radius 2 is 1.37 bits per heavy atom.